The van der Waals surface area contributed by atoms with E-state index < -0.39 is 23.0 Å². The third-order valence-corrected chi connectivity index (χ3v) is 3.58. The van der Waals surface area contributed by atoms with Gasteiger partial charge in [-0.1, -0.05) is 6.92 Å². The van der Waals surface area contributed by atoms with E-state index in [-0.39, 0.29) is 18.9 Å². The standard InChI is InChI=1S/C16H19N3O6/c1-3-12-14(15(20)24-4-2)13(18-16(21)17-12)9-25-11-7-5-10(6-8-11)19(22)23/h5-8,12H,3-4,9H2,1-2H3,(H2,17,18,21)/t12-/m1/s1. The minimum atomic E-state index is -0.524. The van der Waals surface area contributed by atoms with Crippen LogP contribution in [0.3, 0.4) is 0 Å². The van der Waals surface area contributed by atoms with Crippen molar-refractivity contribution in [3.63, 3.8) is 0 Å². The van der Waals surface area contributed by atoms with Gasteiger partial charge >= 0.3 is 12.0 Å². The first-order valence-corrected chi connectivity index (χ1v) is 7.81. The van der Waals surface area contributed by atoms with Gasteiger partial charge in [0.1, 0.15) is 12.4 Å². The van der Waals surface area contributed by atoms with Crippen molar-refractivity contribution >= 4 is 17.7 Å². The zero-order valence-electron chi connectivity index (χ0n) is 13.9. The Morgan fingerprint density at radius 1 is 1.28 bits per heavy atom. The molecule has 0 spiro atoms. The van der Waals surface area contributed by atoms with Crippen molar-refractivity contribution in [1.29, 1.82) is 0 Å². The number of rotatable bonds is 7. The number of esters is 1. The fourth-order valence-corrected chi connectivity index (χ4v) is 2.40. The molecule has 2 amide bonds. The summed E-state index contributed by atoms with van der Waals surface area (Å²) in [7, 11) is 0. The van der Waals surface area contributed by atoms with Crippen LogP contribution in [-0.2, 0) is 9.53 Å². The van der Waals surface area contributed by atoms with Gasteiger partial charge in [0.05, 0.1) is 28.8 Å². The van der Waals surface area contributed by atoms with Crippen LogP contribution in [0.1, 0.15) is 20.3 Å². The molecule has 1 aromatic carbocycles. The molecule has 0 unspecified atom stereocenters. The highest BCUT2D eigenvalue weighted by atomic mass is 16.6. The second-order valence-electron chi connectivity index (χ2n) is 5.21. The van der Waals surface area contributed by atoms with Gasteiger partial charge in [-0.3, -0.25) is 10.1 Å². The molecule has 0 saturated carbocycles. The molecule has 134 valence electrons. The van der Waals surface area contributed by atoms with Gasteiger partial charge in [0.2, 0.25) is 0 Å². The van der Waals surface area contributed by atoms with E-state index in [0.717, 1.165) is 0 Å². The van der Waals surface area contributed by atoms with Crippen LogP contribution in [0.25, 0.3) is 0 Å². The number of nitro groups is 1. The number of nitrogens with zero attached hydrogens (tertiary/aromatic N) is 1. The van der Waals surface area contributed by atoms with Crippen LogP contribution in [0.4, 0.5) is 10.5 Å². The van der Waals surface area contributed by atoms with Crippen LogP contribution in [0, 0.1) is 10.1 Å². The van der Waals surface area contributed by atoms with E-state index in [4.69, 9.17) is 9.47 Å². The molecule has 0 aliphatic carbocycles. The molecule has 0 bridgehead atoms. The van der Waals surface area contributed by atoms with Crippen LogP contribution >= 0.6 is 0 Å². The van der Waals surface area contributed by atoms with Gasteiger partial charge in [-0.25, -0.2) is 9.59 Å². The van der Waals surface area contributed by atoms with Crippen molar-refractivity contribution in [3.8, 4) is 5.75 Å². The maximum absolute atomic E-state index is 12.2. The Kier molecular flexibility index (Phi) is 5.93. The zero-order chi connectivity index (χ0) is 18.4. The molecule has 2 N–H and O–H groups in total. The summed E-state index contributed by atoms with van der Waals surface area (Å²) in [6, 6.07) is 4.62. The maximum atomic E-state index is 12.2. The minimum absolute atomic E-state index is 0.0556. The molecular weight excluding hydrogens is 330 g/mol. The number of carbonyl (C=O) groups is 2. The van der Waals surface area contributed by atoms with Crippen LogP contribution in [0.5, 0.6) is 5.75 Å². The van der Waals surface area contributed by atoms with Crippen molar-refractivity contribution in [2.24, 2.45) is 0 Å². The van der Waals surface area contributed by atoms with Crippen molar-refractivity contribution in [1.82, 2.24) is 10.6 Å². The van der Waals surface area contributed by atoms with E-state index in [1.165, 1.54) is 24.3 Å². The zero-order valence-corrected chi connectivity index (χ0v) is 13.9. The third kappa shape index (κ3) is 4.46. The monoisotopic (exact) mass is 349 g/mol. The average molecular weight is 349 g/mol. The van der Waals surface area contributed by atoms with Gasteiger partial charge in [0, 0.05) is 12.1 Å². The third-order valence-electron chi connectivity index (χ3n) is 3.58. The van der Waals surface area contributed by atoms with E-state index >= 15 is 0 Å². The van der Waals surface area contributed by atoms with Crippen LogP contribution in [0.2, 0.25) is 0 Å². The Morgan fingerprint density at radius 2 is 1.96 bits per heavy atom. The van der Waals surface area contributed by atoms with E-state index in [2.05, 4.69) is 10.6 Å². The molecule has 0 aromatic heterocycles. The van der Waals surface area contributed by atoms with Crippen molar-refractivity contribution in [2.75, 3.05) is 13.2 Å². The van der Waals surface area contributed by atoms with E-state index in [0.29, 0.717) is 23.4 Å². The van der Waals surface area contributed by atoms with Crippen LogP contribution in [-0.4, -0.2) is 36.2 Å². The average Bonchev–Trinajstić information content (AvgIpc) is 2.59. The Morgan fingerprint density at radius 3 is 2.52 bits per heavy atom. The van der Waals surface area contributed by atoms with Gasteiger partial charge in [0.25, 0.3) is 5.69 Å². The molecule has 0 radical (unpaired) electrons. The first-order valence-electron chi connectivity index (χ1n) is 7.81. The number of non-ortho nitro benzene ring substituents is 1. The normalized spacial score (nSPS) is 16.7. The number of ether oxygens (including phenoxy) is 2. The quantitative estimate of drug-likeness (QED) is 0.440. The minimum Gasteiger partial charge on any atom is -0.487 e. The second-order valence-corrected chi connectivity index (χ2v) is 5.21. The first kappa shape index (κ1) is 18.2. The summed E-state index contributed by atoms with van der Waals surface area (Å²) in [5, 5.41) is 15.9. The number of amides is 2. The summed E-state index contributed by atoms with van der Waals surface area (Å²) >= 11 is 0. The summed E-state index contributed by atoms with van der Waals surface area (Å²) in [6.45, 7) is 3.67. The van der Waals surface area contributed by atoms with Crippen LogP contribution in [0.15, 0.2) is 35.5 Å². The Bertz CT molecular complexity index is 698. The summed E-state index contributed by atoms with van der Waals surface area (Å²) < 4.78 is 10.6. The lowest BCUT2D eigenvalue weighted by molar-refractivity contribution is -0.384. The van der Waals surface area contributed by atoms with Crippen LogP contribution < -0.4 is 15.4 Å². The lowest BCUT2D eigenvalue weighted by Crippen LogP contribution is -2.51. The fraction of sp³-hybridized carbons (Fsp3) is 0.375. The Hall–Kier alpha value is -3.10. The molecule has 1 atom stereocenters. The number of carbonyl (C=O) groups excluding carboxylic acids is 2. The molecule has 9 nitrogen and oxygen atoms in total. The highest BCUT2D eigenvalue weighted by Gasteiger charge is 2.31. The molecule has 2 rings (SSSR count). The van der Waals surface area contributed by atoms with Gasteiger partial charge in [-0.15, -0.1) is 0 Å². The molecule has 1 aromatic rings. The predicted molar refractivity (Wildman–Crippen MR) is 88.0 cm³/mol. The lowest BCUT2D eigenvalue weighted by Gasteiger charge is -2.28. The predicted octanol–water partition coefficient (Wildman–Crippen LogP) is 1.88. The first-order chi connectivity index (χ1) is 12.0. The summed E-state index contributed by atoms with van der Waals surface area (Å²) in [5.41, 5.74) is 0.568. The highest BCUT2D eigenvalue weighted by molar-refractivity contribution is 5.94. The van der Waals surface area contributed by atoms with Gasteiger partial charge in [-0.2, -0.15) is 0 Å². The summed E-state index contributed by atoms with van der Waals surface area (Å²) in [4.78, 5) is 34.1. The molecule has 1 heterocycles. The molecule has 9 heteroatoms. The number of hydrogen-bond acceptors (Lipinski definition) is 6. The smallest absolute Gasteiger partial charge is 0.338 e. The van der Waals surface area contributed by atoms with Gasteiger partial charge in [-0.05, 0) is 25.5 Å². The Labute approximate surface area is 144 Å². The maximum Gasteiger partial charge on any atom is 0.338 e. The number of hydrogen-bond donors (Lipinski definition) is 2. The topological polar surface area (TPSA) is 120 Å². The van der Waals surface area contributed by atoms with Crippen molar-refractivity contribution in [3.05, 3.63) is 45.6 Å². The van der Waals surface area contributed by atoms with Crippen molar-refractivity contribution < 1.29 is 24.0 Å². The van der Waals surface area contributed by atoms with E-state index in [1.54, 1.807) is 6.92 Å². The number of nitro benzene ring substituents is 1. The fourth-order valence-electron chi connectivity index (χ4n) is 2.40. The number of nitrogens with one attached hydrogen (secondary N) is 2. The Balaban J connectivity index is 2.20. The second kappa shape index (κ2) is 8.13. The van der Waals surface area contributed by atoms with Gasteiger partial charge in [0.15, 0.2) is 0 Å². The molecule has 25 heavy (non-hydrogen) atoms. The molecular formula is C16H19N3O6. The molecule has 0 saturated heterocycles. The van der Waals surface area contributed by atoms with Crippen molar-refractivity contribution in [2.45, 2.75) is 26.3 Å². The molecule has 1 aliphatic heterocycles. The van der Waals surface area contributed by atoms with E-state index in [9.17, 15) is 19.7 Å². The van der Waals surface area contributed by atoms with E-state index in [1.807, 2.05) is 6.92 Å². The highest BCUT2D eigenvalue weighted by Crippen LogP contribution is 2.20. The summed E-state index contributed by atoms with van der Waals surface area (Å²) in [5.74, 6) is -0.147. The SMILES string of the molecule is CCOC(=O)C1=C(COc2ccc([N+](=O)[O-])cc2)NC(=O)N[C@@H]1CC. The lowest BCUT2D eigenvalue weighted by atomic mass is 10.0. The summed E-state index contributed by atoms with van der Waals surface area (Å²) in [6.07, 6.45) is 0.516. The van der Waals surface area contributed by atoms with Gasteiger partial charge < -0.3 is 20.1 Å². The number of benzene rings is 1. The number of urea groups is 1. The molecule has 1 aliphatic rings. The largest absolute Gasteiger partial charge is 0.487 e. The molecule has 0 fully saturated rings.